The molecule has 0 bridgehead atoms. The molecule has 3 heteroatoms. The van der Waals surface area contributed by atoms with Gasteiger partial charge in [0.1, 0.15) is 0 Å². The Morgan fingerprint density at radius 1 is 1.38 bits per heavy atom. The van der Waals surface area contributed by atoms with Crippen LogP contribution in [0.15, 0.2) is 0 Å². The van der Waals surface area contributed by atoms with Crippen molar-refractivity contribution in [3.05, 3.63) is 0 Å². The van der Waals surface area contributed by atoms with Crippen molar-refractivity contribution in [1.29, 1.82) is 0 Å². The Morgan fingerprint density at radius 2 is 2.08 bits per heavy atom. The summed E-state index contributed by atoms with van der Waals surface area (Å²) in [6, 6.07) is 0. The molecule has 0 heterocycles. The maximum absolute atomic E-state index is 4.98. The van der Waals surface area contributed by atoms with E-state index in [1.807, 2.05) is 7.05 Å². The van der Waals surface area contributed by atoms with Crippen LogP contribution >= 0.6 is 12.2 Å². The lowest BCUT2D eigenvalue weighted by molar-refractivity contribution is 0.482. The molecule has 1 saturated carbocycles. The second kappa shape index (κ2) is 6.19. The van der Waals surface area contributed by atoms with Gasteiger partial charge in [0.05, 0.1) is 0 Å². The SMILES string of the molecule is CNC(=S)NCCCC1CCCC1. The lowest BCUT2D eigenvalue weighted by Gasteiger charge is -2.10. The first-order valence-corrected chi connectivity index (χ1v) is 5.69. The van der Waals surface area contributed by atoms with Crippen LogP contribution in [0.5, 0.6) is 0 Å². The minimum Gasteiger partial charge on any atom is -0.366 e. The summed E-state index contributed by atoms with van der Waals surface area (Å²) in [6.07, 6.45) is 8.44. The average Bonchev–Trinajstić information content (AvgIpc) is 2.64. The summed E-state index contributed by atoms with van der Waals surface area (Å²) in [5, 5.41) is 6.86. The van der Waals surface area contributed by atoms with Crippen molar-refractivity contribution >= 4 is 17.3 Å². The molecule has 1 fully saturated rings. The van der Waals surface area contributed by atoms with Crippen LogP contribution in [-0.2, 0) is 0 Å². The molecule has 0 aromatic carbocycles. The van der Waals surface area contributed by atoms with Crippen LogP contribution in [0.1, 0.15) is 38.5 Å². The summed E-state index contributed by atoms with van der Waals surface area (Å²) < 4.78 is 0. The van der Waals surface area contributed by atoms with Gasteiger partial charge in [0, 0.05) is 13.6 Å². The van der Waals surface area contributed by atoms with E-state index in [1.54, 1.807) is 0 Å². The standard InChI is InChI=1S/C10H20N2S/c1-11-10(13)12-8-4-7-9-5-2-3-6-9/h9H,2-8H2,1H3,(H2,11,12,13). The first kappa shape index (κ1) is 10.8. The zero-order valence-corrected chi connectivity index (χ0v) is 9.25. The molecule has 1 aliphatic rings. The second-order valence-electron chi connectivity index (χ2n) is 3.80. The predicted octanol–water partition coefficient (Wildman–Crippen LogP) is 2.05. The van der Waals surface area contributed by atoms with E-state index in [0.717, 1.165) is 17.6 Å². The molecule has 0 aromatic heterocycles. The molecule has 0 unspecified atom stereocenters. The van der Waals surface area contributed by atoms with E-state index in [2.05, 4.69) is 10.6 Å². The van der Waals surface area contributed by atoms with Crippen molar-refractivity contribution < 1.29 is 0 Å². The molecule has 0 spiro atoms. The van der Waals surface area contributed by atoms with E-state index in [1.165, 1.54) is 38.5 Å². The predicted molar refractivity (Wildman–Crippen MR) is 60.9 cm³/mol. The highest BCUT2D eigenvalue weighted by atomic mass is 32.1. The molecule has 1 rings (SSSR count). The van der Waals surface area contributed by atoms with Crippen molar-refractivity contribution in [2.24, 2.45) is 5.92 Å². The molecular weight excluding hydrogens is 180 g/mol. The summed E-state index contributed by atoms with van der Waals surface area (Å²) in [7, 11) is 1.85. The molecule has 0 aromatic rings. The molecule has 13 heavy (non-hydrogen) atoms. The van der Waals surface area contributed by atoms with Crippen molar-refractivity contribution in [2.45, 2.75) is 38.5 Å². The van der Waals surface area contributed by atoms with Crippen LogP contribution in [0.2, 0.25) is 0 Å². The van der Waals surface area contributed by atoms with Gasteiger partial charge in [-0.1, -0.05) is 25.7 Å². The molecule has 1 aliphatic carbocycles. The van der Waals surface area contributed by atoms with E-state index >= 15 is 0 Å². The summed E-state index contributed by atoms with van der Waals surface area (Å²) in [5.74, 6) is 1.00. The molecule has 0 radical (unpaired) electrons. The Balaban J connectivity index is 1.91. The fraction of sp³-hybridized carbons (Fsp3) is 0.900. The highest BCUT2D eigenvalue weighted by Crippen LogP contribution is 2.28. The molecular formula is C10H20N2S. The fourth-order valence-electron chi connectivity index (χ4n) is 1.98. The van der Waals surface area contributed by atoms with Gasteiger partial charge in [-0.3, -0.25) is 0 Å². The largest absolute Gasteiger partial charge is 0.366 e. The highest BCUT2D eigenvalue weighted by Gasteiger charge is 2.13. The summed E-state index contributed by atoms with van der Waals surface area (Å²) >= 11 is 4.98. The van der Waals surface area contributed by atoms with Crippen molar-refractivity contribution in [1.82, 2.24) is 10.6 Å². The van der Waals surface area contributed by atoms with Gasteiger partial charge in [-0.2, -0.15) is 0 Å². The van der Waals surface area contributed by atoms with Gasteiger partial charge in [0.2, 0.25) is 0 Å². The highest BCUT2D eigenvalue weighted by molar-refractivity contribution is 7.80. The Hall–Kier alpha value is -0.310. The van der Waals surface area contributed by atoms with Crippen LogP contribution in [0.3, 0.4) is 0 Å². The van der Waals surface area contributed by atoms with Gasteiger partial charge in [0.15, 0.2) is 5.11 Å². The van der Waals surface area contributed by atoms with Gasteiger partial charge in [-0.05, 0) is 31.0 Å². The topological polar surface area (TPSA) is 24.1 Å². The van der Waals surface area contributed by atoms with E-state index in [0.29, 0.717) is 0 Å². The third kappa shape index (κ3) is 4.46. The lowest BCUT2D eigenvalue weighted by Crippen LogP contribution is -2.33. The maximum Gasteiger partial charge on any atom is 0.166 e. The van der Waals surface area contributed by atoms with Gasteiger partial charge in [0.25, 0.3) is 0 Å². The van der Waals surface area contributed by atoms with Crippen molar-refractivity contribution in [3.8, 4) is 0 Å². The van der Waals surface area contributed by atoms with Crippen molar-refractivity contribution in [2.75, 3.05) is 13.6 Å². The Kier molecular flexibility index (Phi) is 5.13. The molecule has 2 nitrogen and oxygen atoms in total. The summed E-state index contributed by atoms with van der Waals surface area (Å²) in [6.45, 7) is 1.02. The Morgan fingerprint density at radius 3 is 2.69 bits per heavy atom. The minimum atomic E-state index is 0.770. The van der Waals surface area contributed by atoms with Gasteiger partial charge in [-0.25, -0.2) is 0 Å². The molecule has 0 aliphatic heterocycles. The zero-order chi connectivity index (χ0) is 9.52. The quantitative estimate of drug-likeness (QED) is 0.536. The fourth-order valence-corrected chi connectivity index (χ4v) is 2.08. The van der Waals surface area contributed by atoms with Crippen LogP contribution in [0, 0.1) is 5.92 Å². The number of thiocarbonyl (C=S) groups is 1. The average molecular weight is 200 g/mol. The molecule has 2 N–H and O–H groups in total. The molecule has 0 saturated heterocycles. The van der Waals surface area contributed by atoms with Crippen LogP contribution in [-0.4, -0.2) is 18.7 Å². The zero-order valence-electron chi connectivity index (χ0n) is 8.44. The third-order valence-electron chi connectivity index (χ3n) is 2.78. The molecule has 0 atom stereocenters. The maximum atomic E-state index is 4.98. The first-order chi connectivity index (χ1) is 6.33. The first-order valence-electron chi connectivity index (χ1n) is 5.28. The van der Waals surface area contributed by atoms with Crippen molar-refractivity contribution in [3.63, 3.8) is 0 Å². The normalized spacial score (nSPS) is 17.3. The van der Waals surface area contributed by atoms with Gasteiger partial charge in [-0.15, -0.1) is 0 Å². The smallest absolute Gasteiger partial charge is 0.166 e. The van der Waals surface area contributed by atoms with Gasteiger partial charge < -0.3 is 10.6 Å². The minimum absolute atomic E-state index is 0.770. The number of nitrogens with one attached hydrogen (secondary N) is 2. The summed E-state index contributed by atoms with van der Waals surface area (Å²) in [5.41, 5.74) is 0. The Bertz CT molecular complexity index is 153. The molecule has 76 valence electrons. The number of rotatable bonds is 4. The molecule has 0 amide bonds. The summed E-state index contributed by atoms with van der Waals surface area (Å²) in [4.78, 5) is 0. The van der Waals surface area contributed by atoms with E-state index < -0.39 is 0 Å². The lowest BCUT2D eigenvalue weighted by atomic mass is 10.0. The van der Waals surface area contributed by atoms with E-state index in [9.17, 15) is 0 Å². The van der Waals surface area contributed by atoms with E-state index in [-0.39, 0.29) is 0 Å². The third-order valence-corrected chi connectivity index (χ3v) is 3.12. The van der Waals surface area contributed by atoms with Crippen LogP contribution in [0.25, 0.3) is 0 Å². The van der Waals surface area contributed by atoms with Gasteiger partial charge >= 0.3 is 0 Å². The van der Waals surface area contributed by atoms with E-state index in [4.69, 9.17) is 12.2 Å². The van der Waals surface area contributed by atoms with Crippen LogP contribution in [0.4, 0.5) is 0 Å². The number of hydrogen-bond acceptors (Lipinski definition) is 1. The van der Waals surface area contributed by atoms with Crippen LogP contribution < -0.4 is 10.6 Å². The Labute approximate surface area is 86.5 Å². The second-order valence-corrected chi connectivity index (χ2v) is 4.21. The number of hydrogen-bond donors (Lipinski definition) is 2. The monoisotopic (exact) mass is 200 g/mol.